The van der Waals surface area contributed by atoms with E-state index < -0.39 is 12.0 Å². The van der Waals surface area contributed by atoms with Crippen LogP contribution in [0, 0.1) is 5.92 Å². The number of hydrogen-bond acceptors (Lipinski definition) is 5. The normalized spacial score (nSPS) is 15.6. The number of ether oxygens (including phenoxy) is 2. The smallest absolute Gasteiger partial charge is 0.329 e. The van der Waals surface area contributed by atoms with Crippen LogP contribution in [0.5, 0.6) is 5.75 Å². The highest BCUT2D eigenvalue weighted by Crippen LogP contribution is 2.17. The van der Waals surface area contributed by atoms with Gasteiger partial charge in [-0.25, -0.2) is 4.79 Å². The molecular formula is C21H30N2O5. The molecular weight excluding hydrogens is 360 g/mol. The monoisotopic (exact) mass is 390 g/mol. The quantitative estimate of drug-likeness (QED) is 0.665. The lowest BCUT2D eigenvalue weighted by molar-refractivity contribution is -0.151. The molecule has 0 unspecified atom stereocenters. The summed E-state index contributed by atoms with van der Waals surface area (Å²) >= 11 is 0. The van der Waals surface area contributed by atoms with E-state index in [1.165, 1.54) is 6.42 Å². The van der Waals surface area contributed by atoms with Crippen LogP contribution in [0.15, 0.2) is 24.3 Å². The molecule has 1 aromatic rings. The van der Waals surface area contributed by atoms with E-state index in [2.05, 4.69) is 10.6 Å². The number of amides is 2. The van der Waals surface area contributed by atoms with Gasteiger partial charge in [-0.05, 0) is 43.0 Å². The molecule has 7 heteroatoms. The van der Waals surface area contributed by atoms with Gasteiger partial charge in [-0.15, -0.1) is 0 Å². The number of nitrogens with one attached hydrogen (secondary N) is 2. The van der Waals surface area contributed by atoms with Gasteiger partial charge in [0.25, 0.3) is 11.8 Å². The van der Waals surface area contributed by atoms with Crippen molar-refractivity contribution in [1.29, 1.82) is 0 Å². The van der Waals surface area contributed by atoms with Crippen LogP contribution in [0.2, 0.25) is 0 Å². The molecule has 0 bridgehead atoms. The van der Waals surface area contributed by atoms with E-state index >= 15 is 0 Å². The largest absolute Gasteiger partial charge is 0.497 e. The number of esters is 1. The van der Waals surface area contributed by atoms with E-state index in [1.54, 1.807) is 31.4 Å². The molecule has 2 N–H and O–H groups in total. The zero-order valence-electron chi connectivity index (χ0n) is 16.8. The number of carbonyl (C=O) groups is 3. The maximum atomic E-state index is 12.4. The van der Waals surface area contributed by atoms with Gasteiger partial charge in [0, 0.05) is 11.6 Å². The Kier molecular flexibility index (Phi) is 8.29. The Balaban J connectivity index is 1.86. The van der Waals surface area contributed by atoms with Crippen LogP contribution in [-0.4, -0.2) is 43.6 Å². The predicted octanol–water partition coefficient (Wildman–Crippen LogP) is 2.44. The molecule has 0 saturated heterocycles. The maximum Gasteiger partial charge on any atom is 0.329 e. The zero-order valence-corrected chi connectivity index (χ0v) is 16.8. The molecule has 1 aliphatic rings. The number of methoxy groups -OCH3 is 1. The van der Waals surface area contributed by atoms with Crippen molar-refractivity contribution in [3.05, 3.63) is 29.8 Å². The van der Waals surface area contributed by atoms with Crippen molar-refractivity contribution < 1.29 is 23.9 Å². The molecule has 0 radical (unpaired) electrons. The number of benzene rings is 1. The first kappa shape index (κ1) is 21.7. The van der Waals surface area contributed by atoms with Crippen LogP contribution < -0.4 is 15.4 Å². The second kappa shape index (κ2) is 10.7. The van der Waals surface area contributed by atoms with Gasteiger partial charge in [0.1, 0.15) is 11.8 Å². The topological polar surface area (TPSA) is 93.7 Å². The molecule has 1 atom stereocenters. The van der Waals surface area contributed by atoms with Crippen molar-refractivity contribution in [1.82, 2.24) is 10.6 Å². The summed E-state index contributed by atoms with van der Waals surface area (Å²) in [6.45, 7) is 3.28. The third kappa shape index (κ3) is 6.55. The predicted molar refractivity (Wildman–Crippen MR) is 105 cm³/mol. The summed E-state index contributed by atoms with van der Waals surface area (Å²) in [5, 5.41) is 5.59. The molecule has 0 spiro atoms. The van der Waals surface area contributed by atoms with E-state index in [9.17, 15) is 14.4 Å². The lowest BCUT2D eigenvalue weighted by Crippen LogP contribution is -2.46. The van der Waals surface area contributed by atoms with Crippen LogP contribution in [0.3, 0.4) is 0 Å². The molecule has 1 saturated carbocycles. The minimum Gasteiger partial charge on any atom is -0.497 e. The van der Waals surface area contributed by atoms with E-state index in [0.717, 1.165) is 25.7 Å². The molecule has 2 amide bonds. The van der Waals surface area contributed by atoms with Crippen LogP contribution >= 0.6 is 0 Å². The van der Waals surface area contributed by atoms with Gasteiger partial charge >= 0.3 is 5.97 Å². The van der Waals surface area contributed by atoms with E-state index in [-0.39, 0.29) is 30.4 Å². The highest BCUT2D eigenvalue weighted by atomic mass is 16.5. The van der Waals surface area contributed by atoms with Gasteiger partial charge < -0.3 is 20.1 Å². The molecule has 154 valence electrons. The zero-order chi connectivity index (χ0) is 20.5. The highest BCUT2D eigenvalue weighted by molar-refractivity contribution is 5.97. The summed E-state index contributed by atoms with van der Waals surface area (Å²) in [6, 6.07) is 5.91. The summed E-state index contributed by atoms with van der Waals surface area (Å²) in [7, 11) is 1.55. The fraction of sp³-hybridized carbons (Fsp3) is 0.571. The number of rotatable bonds is 8. The van der Waals surface area contributed by atoms with Gasteiger partial charge in [0.15, 0.2) is 6.61 Å². The minimum absolute atomic E-state index is 0.163. The number of carbonyl (C=O) groups excluding carboxylic acids is 3. The van der Waals surface area contributed by atoms with Crippen molar-refractivity contribution >= 4 is 17.8 Å². The molecule has 7 nitrogen and oxygen atoms in total. The molecule has 0 aromatic heterocycles. The highest BCUT2D eigenvalue weighted by Gasteiger charge is 2.27. The van der Waals surface area contributed by atoms with E-state index in [4.69, 9.17) is 9.47 Å². The van der Waals surface area contributed by atoms with Crippen molar-refractivity contribution in [3.63, 3.8) is 0 Å². The Morgan fingerprint density at radius 3 is 2.29 bits per heavy atom. The molecule has 1 aliphatic carbocycles. The Hall–Kier alpha value is -2.57. The summed E-state index contributed by atoms with van der Waals surface area (Å²) in [5.41, 5.74) is 0.411. The molecule has 1 aromatic carbocycles. The van der Waals surface area contributed by atoms with Crippen molar-refractivity contribution in [2.75, 3.05) is 13.7 Å². The van der Waals surface area contributed by atoms with Crippen LogP contribution in [0.25, 0.3) is 0 Å². The van der Waals surface area contributed by atoms with Gasteiger partial charge in [-0.2, -0.15) is 0 Å². The van der Waals surface area contributed by atoms with Gasteiger partial charge in [0.05, 0.1) is 7.11 Å². The minimum atomic E-state index is -0.836. The van der Waals surface area contributed by atoms with Gasteiger partial charge in [0.2, 0.25) is 0 Å². The first-order valence-corrected chi connectivity index (χ1v) is 9.81. The molecule has 28 heavy (non-hydrogen) atoms. The maximum absolute atomic E-state index is 12.4. The molecule has 2 rings (SSSR count). The Morgan fingerprint density at radius 2 is 1.71 bits per heavy atom. The van der Waals surface area contributed by atoms with Gasteiger partial charge in [-0.1, -0.05) is 33.1 Å². The Labute approximate surface area is 166 Å². The second-order valence-electron chi connectivity index (χ2n) is 7.43. The van der Waals surface area contributed by atoms with Crippen molar-refractivity contribution in [2.24, 2.45) is 5.92 Å². The van der Waals surface area contributed by atoms with Crippen LogP contribution in [0.1, 0.15) is 56.3 Å². The Bertz CT molecular complexity index is 666. The summed E-state index contributed by atoms with van der Waals surface area (Å²) in [5.74, 6) is -0.846. The molecule has 0 heterocycles. The van der Waals surface area contributed by atoms with Crippen LogP contribution in [-0.2, 0) is 14.3 Å². The first-order chi connectivity index (χ1) is 13.4. The first-order valence-electron chi connectivity index (χ1n) is 9.81. The number of hydrogen-bond donors (Lipinski definition) is 2. The average Bonchev–Trinajstić information content (AvgIpc) is 2.70. The standard InChI is InChI=1S/C21H30N2O5/c1-14(2)19(23-20(25)15-9-11-17(27-3)12-10-15)21(26)28-13-18(24)22-16-7-5-4-6-8-16/h9-12,14,16,19H,4-8,13H2,1-3H3,(H,22,24)(H,23,25)/t19-/m0/s1. The fourth-order valence-corrected chi connectivity index (χ4v) is 3.21. The Morgan fingerprint density at radius 1 is 1.07 bits per heavy atom. The third-order valence-electron chi connectivity index (χ3n) is 4.88. The summed E-state index contributed by atoms with van der Waals surface area (Å²) < 4.78 is 10.2. The van der Waals surface area contributed by atoms with E-state index in [0.29, 0.717) is 11.3 Å². The molecule has 1 fully saturated rings. The summed E-state index contributed by atoms with van der Waals surface area (Å²) in [4.78, 5) is 36.9. The van der Waals surface area contributed by atoms with Crippen molar-refractivity contribution in [2.45, 2.75) is 58.0 Å². The third-order valence-corrected chi connectivity index (χ3v) is 4.88. The lowest BCUT2D eigenvalue weighted by Gasteiger charge is -2.23. The van der Waals surface area contributed by atoms with Crippen LogP contribution in [0.4, 0.5) is 0 Å². The SMILES string of the molecule is COc1ccc(C(=O)N[C@H](C(=O)OCC(=O)NC2CCCCC2)C(C)C)cc1. The average molecular weight is 390 g/mol. The van der Waals surface area contributed by atoms with Gasteiger partial charge in [-0.3, -0.25) is 9.59 Å². The second-order valence-corrected chi connectivity index (χ2v) is 7.43. The van der Waals surface area contributed by atoms with E-state index in [1.807, 2.05) is 13.8 Å². The van der Waals surface area contributed by atoms with Crippen molar-refractivity contribution in [3.8, 4) is 5.75 Å². The lowest BCUT2D eigenvalue weighted by atomic mass is 9.95. The fourth-order valence-electron chi connectivity index (χ4n) is 3.21. The molecule has 0 aliphatic heterocycles. The summed E-state index contributed by atoms with van der Waals surface area (Å²) in [6.07, 6.45) is 5.35.